The fourth-order valence-electron chi connectivity index (χ4n) is 0.470. The summed E-state index contributed by atoms with van der Waals surface area (Å²) in [5, 5.41) is 3.69. The molecule has 1 heterocycles. The van der Waals surface area contributed by atoms with Crippen LogP contribution in [0.2, 0.25) is 0 Å². The van der Waals surface area contributed by atoms with Crippen LogP contribution in [0.15, 0.2) is 4.73 Å². The predicted octanol–water partition coefficient (Wildman–Crippen LogP) is -0.323. The lowest BCUT2D eigenvalue weighted by molar-refractivity contribution is 0.0990. The number of halogens is 1. The highest BCUT2D eigenvalue weighted by Crippen LogP contribution is 2.03. The average molecular weight is 205 g/mol. The third-order valence-electron chi connectivity index (χ3n) is 0.930. The van der Waals surface area contributed by atoms with Crippen molar-refractivity contribution in [3.05, 3.63) is 10.6 Å². The summed E-state index contributed by atoms with van der Waals surface area (Å²) < 4.78 is 1.90. The molecule has 54 valence electrons. The zero-order chi connectivity index (χ0) is 7.72. The molecule has 0 spiro atoms. The molecule has 5 nitrogen and oxygen atoms in total. The largest absolute Gasteiger partial charge is 0.363 e. The molecule has 1 aromatic heterocycles. The third kappa shape index (κ3) is 1.15. The molecule has 0 aromatic carbocycles. The van der Waals surface area contributed by atoms with E-state index in [4.69, 9.17) is 5.73 Å². The van der Waals surface area contributed by atoms with E-state index in [1.54, 1.807) is 7.05 Å². The number of nitrogens with two attached hydrogens (primary N) is 1. The van der Waals surface area contributed by atoms with Crippen LogP contribution in [-0.2, 0) is 7.05 Å². The zero-order valence-electron chi connectivity index (χ0n) is 5.21. The summed E-state index contributed by atoms with van der Waals surface area (Å²) in [6, 6.07) is 0. The number of carbonyl (C=O) groups is 1. The van der Waals surface area contributed by atoms with Crippen LogP contribution in [-0.4, -0.2) is 20.7 Å². The molecule has 0 aliphatic carbocycles. The highest BCUT2D eigenvalue weighted by atomic mass is 79.9. The minimum atomic E-state index is -0.624. The maximum Gasteiger partial charge on any atom is 0.288 e. The summed E-state index contributed by atoms with van der Waals surface area (Å²) in [7, 11) is 1.66. The van der Waals surface area contributed by atoms with Crippen molar-refractivity contribution in [1.82, 2.24) is 14.8 Å². The van der Waals surface area contributed by atoms with Gasteiger partial charge in [0.05, 0.1) is 0 Å². The lowest BCUT2D eigenvalue weighted by Gasteiger charge is -1.83. The van der Waals surface area contributed by atoms with Gasteiger partial charge in [-0.2, -0.15) is 4.98 Å². The monoisotopic (exact) mass is 204 g/mol. The molecule has 10 heavy (non-hydrogen) atoms. The summed E-state index contributed by atoms with van der Waals surface area (Å²) in [6.07, 6.45) is 0. The van der Waals surface area contributed by atoms with Gasteiger partial charge >= 0.3 is 0 Å². The van der Waals surface area contributed by atoms with Gasteiger partial charge in [-0.15, -0.1) is 5.10 Å². The van der Waals surface area contributed by atoms with Gasteiger partial charge in [0.15, 0.2) is 4.73 Å². The zero-order valence-corrected chi connectivity index (χ0v) is 6.79. The van der Waals surface area contributed by atoms with Crippen LogP contribution in [0.1, 0.15) is 10.6 Å². The Morgan fingerprint density at radius 1 is 1.80 bits per heavy atom. The van der Waals surface area contributed by atoms with Crippen molar-refractivity contribution in [3.63, 3.8) is 0 Å². The molecular formula is C4H5BrN4O. The van der Waals surface area contributed by atoms with Gasteiger partial charge < -0.3 is 5.73 Å². The first-order valence-corrected chi connectivity index (χ1v) is 3.27. The molecule has 0 saturated carbocycles. The average Bonchev–Trinajstić information content (AvgIpc) is 2.13. The lowest BCUT2D eigenvalue weighted by atomic mass is 10.6. The highest BCUT2D eigenvalue weighted by molar-refractivity contribution is 9.10. The number of hydrogen-bond acceptors (Lipinski definition) is 3. The second-order valence-electron chi connectivity index (χ2n) is 1.69. The fraction of sp³-hybridized carbons (Fsp3) is 0.250. The number of carbonyl (C=O) groups excluding carboxylic acids is 1. The Labute approximate surface area is 65.4 Å². The molecule has 1 rings (SSSR count). The SMILES string of the molecule is Cn1nc(C(N)=O)nc1Br. The number of hydrogen-bond donors (Lipinski definition) is 1. The lowest BCUT2D eigenvalue weighted by Crippen LogP contribution is -2.13. The molecule has 0 unspecified atom stereocenters. The van der Waals surface area contributed by atoms with E-state index in [1.807, 2.05) is 0 Å². The van der Waals surface area contributed by atoms with Crippen LogP contribution in [0.4, 0.5) is 0 Å². The van der Waals surface area contributed by atoms with Gasteiger partial charge in [-0.05, 0) is 15.9 Å². The van der Waals surface area contributed by atoms with E-state index in [2.05, 4.69) is 26.0 Å². The minimum Gasteiger partial charge on any atom is -0.363 e. The van der Waals surface area contributed by atoms with Crippen LogP contribution in [0.5, 0.6) is 0 Å². The molecule has 0 bridgehead atoms. The van der Waals surface area contributed by atoms with E-state index in [-0.39, 0.29) is 5.82 Å². The van der Waals surface area contributed by atoms with E-state index < -0.39 is 5.91 Å². The van der Waals surface area contributed by atoms with Gasteiger partial charge in [-0.3, -0.25) is 4.79 Å². The Bertz CT molecular complexity index is 249. The van der Waals surface area contributed by atoms with E-state index >= 15 is 0 Å². The number of nitrogens with zero attached hydrogens (tertiary/aromatic N) is 3. The second-order valence-corrected chi connectivity index (χ2v) is 2.40. The molecule has 2 N–H and O–H groups in total. The van der Waals surface area contributed by atoms with Crippen LogP contribution in [0.3, 0.4) is 0 Å². The van der Waals surface area contributed by atoms with Gasteiger partial charge in [0.2, 0.25) is 5.82 Å². The smallest absolute Gasteiger partial charge is 0.288 e. The standard InChI is InChI=1S/C4H5BrN4O/c1-9-4(5)7-3(8-9)2(6)10/h1H3,(H2,6,10). The van der Waals surface area contributed by atoms with E-state index in [0.717, 1.165) is 0 Å². The van der Waals surface area contributed by atoms with Crippen LogP contribution in [0, 0.1) is 0 Å². The molecule has 0 aliphatic rings. The maximum atomic E-state index is 10.4. The first kappa shape index (κ1) is 7.20. The quantitative estimate of drug-likeness (QED) is 0.682. The summed E-state index contributed by atoms with van der Waals surface area (Å²) >= 11 is 3.07. The molecule has 0 radical (unpaired) electrons. The minimum absolute atomic E-state index is 0.0226. The molecule has 6 heteroatoms. The Kier molecular flexibility index (Phi) is 1.71. The van der Waals surface area contributed by atoms with Crippen molar-refractivity contribution in [1.29, 1.82) is 0 Å². The van der Waals surface area contributed by atoms with Crippen molar-refractivity contribution >= 4 is 21.8 Å². The fourth-order valence-corrected chi connectivity index (χ4v) is 0.717. The predicted molar refractivity (Wildman–Crippen MR) is 37.2 cm³/mol. The number of amides is 1. The Morgan fingerprint density at radius 2 is 2.40 bits per heavy atom. The molecule has 0 saturated heterocycles. The van der Waals surface area contributed by atoms with Crippen LogP contribution in [0.25, 0.3) is 0 Å². The first-order valence-electron chi connectivity index (χ1n) is 2.47. The number of primary amides is 1. The Morgan fingerprint density at radius 3 is 2.60 bits per heavy atom. The Balaban J connectivity index is 3.10. The highest BCUT2D eigenvalue weighted by Gasteiger charge is 2.08. The molecule has 0 aliphatic heterocycles. The second kappa shape index (κ2) is 2.37. The van der Waals surface area contributed by atoms with Gasteiger partial charge in [0.1, 0.15) is 0 Å². The van der Waals surface area contributed by atoms with Gasteiger partial charge in [-0.1, -0.05) is 0 Å². The molecule has 1 amide bonds. The Hall–Kier alpha value is -0.910. The van der Waals surface area contributed by atoms with Gasteiger partial charge in [0, 0.05) is 7.05 Å². The molecule has 1 aromatic rings. The third-order valence-corrected chi connectivity index (χ3v) is 1.62. The number of rotatable bonds is 1. The summed E-state index contributed by atoms with van der Waals surface area (Å²) in [4.78, 5) is 14.1. The molecular weight excluding hydrogens is 200 g/mol. The van der Waals surface area contributed by atoms with E-state index in [1.165, 1.54) is 4.68 Å². The van der Waals surface area contributed by atoms with Crippen molar-refractivity contribution in [2.24, 2.45) is 12.8 Å². The maximum absolute atomic E-state index is 10.4. The molecule has 0 atom stereocenters. The van der Waals surface area contributed by atoms with Gasteiger partial charge in [0.25, 0.3) is 5.91 Å². The van der Waals surface area contributed by atoms with E-state index in [0.29, 0.717) is 4.73 Å². The summed E-state index contributed by atoms with van der Waals surface area (Å²) in [6.45, 7) is 0. The topological polar surface area (TPSA) is 73.8 Å². The van der Waals surface area contributed by atoms with Crippen molar-refractivity contribution in [3.8, 4) is 0 Å². The van der Waals surface area contributed by atoms with Crippen molar-refractivity contribution in [2.75, 3.05) is 0 Å². The first-order chi connectivity index (χ1) is 4.61. The van der Waals surface area contributed by atoms with Crippen LogP contribution >= 0.6 is 15.9 Å². The van der Waals surface area contributed by atoms with E-state index in [9.17, 15) is 4.79 Å². The van der Waals surface area contributed by atoms with Gasteiger partial charge in [-0.25, -0.2) is 4.68 Å². The normalized spacial score (nSPS) is 9.80. The van der Waals surface area contributed by atoms with Crippen molar-refractivity contribution in [2.45, 2.75) is 0 Å². The number of aryl methyl sites for hydroxylation is 1. The van der Waals surface area contributed by atoms with Crippen molar-refractivity contribution < 1.29 is 4.79 Å². The molecule has 0 fully saturated rings. The summed E-state index contributed by atoms with van der Waals surface area (Å²) in [5.41, 5.74) is 4.90. The summed E-state index contributed by atoms with van der Waals surface area (Å²) in [5.74, 6) is -0.601. The van der Waals surface area contributed by atoms with Crippen LogP contribution < -0.4 is 5.73 Å². The number of aromatic nitrogens is 3.